The molecule has 0 N–H and O–H groups in total. The zero-order valence-electron chi connectivity index (χ0n) is 18.2. The van der Waals surface area contributed by atoms with Crippen molar-refractivity contribution in [2.45, 2.75) is 18.5 Å². The van der Waals surface area contributed by atoms with Crippen LogP contribution < -0.4 is 15.9 Å². The van der Waals surface area contributed by atoms with E-state index in [4.69, 9.17) is 0 Å². The zero-order valence-corrected chi connectivity index (χ0v) is 20.7. The molecule has 4 aromatic carbocycles. The summed E-state index contributed by atoms with van der Waals surface area (Å²) < 4.78 is 82.0. The van der Waals surface area contributed by atoms with Crippen molar-refractivity contribution in [2.75, 3.05) is 0 Å². The van der Waals surface area contributed by atoms with Crippen molar-refractivity contribution in [3.8, 4) is 0 Å². The third kappa shape index (κ3) is 4.76. The Labute approximate surface area is 207 Å². The Morgan fingerprint density at radius 1 is 0.514 bits per heavy atom. The molecule has 0 atom stereocenters. The number of benzene rings is 4. The number of hydrogen-bond acceptors (Lipinski definition) is 0. The molecular weight excluding hydrogens is 549 g/mol. The second-order valence-electron chi connectivity index (χ2n) is 8.26. The first kappa shape index (κ1) is 25.5. The quantitative estimate of drug-likeness (QED) is 0.169. The number of rotatable bonds is 5. The van der Waals surface area contributed by atoms with Crippen LogP contribution in [0.3, 0.4) is 0 Å². The Balaban J connectivity index is 2.09. The fraction of sp³-hybridized carbons (Fsp3) is 0.111. The molecule has 0 bridgehead atoms. The van der Waals surface area contributed by atoms with E-state index in [1.165, 1.54) is 0 Å². The minimum atomic E-state index is -4.93. The topological polar surface area (TPSA) is 0 Å². The normalized spacial score (nSPS) is 13.7. The van der Waals surface area contributed by atoms with Crippen molar-refractivity contribution in [3.63, 3.8) is 0 Å². The molecule has 0 aliphatic heterocycles. The van der Waals surface area contributed by atoms with E-state index in [0.717, 1.165) is 28.0 Å². The summed E-state index contributed by atoms with van der Waals surface area (Å²) in [4.78, 5) is 0. The Hall–Kier alpha value is -2.63. The van der Waals surface area contributed by atoms with E-state index in [1.807, 2.05) is 91.0 Å². The molecule has 0 amide bonds. The fourth-order valence-corrected chi connectivity index (χ4v) is 12.1. The molecule has 35 heavy (non-hydrogen) atoms. The molecule has 0 radical (unpaired) electrons. The van der Waals surface area contributed by atoms with E-state index >= 15 is 0 Å². The van der Waals surface area contributed by atoms with Gasteiger partial charge in [0.1, 0.15) is 0 Å². The van der Waals surface area contributed by atoms with Crippen molar-refractivity contribution >= 4 is 36.7 Å². The monoisotopic (exact) mass is 568 g/mol. The van der Waals surface area contributed by atoms with Gasteiger partial charge in [-0.1, -0.05) is 0 Å². The predicted octanol–water partition coefficient (Wildman–Crippen LogP) is 8.06. The van der Waals surface area contributed by atoms with Crippen molar-refractivity contribution in [3.05, 3.63) is 126 Å². The molecule has 0 aliphatic rings. The van der Waals surface area contributed by atoms with Gasteiger partial charge in [0, 0.05) is 0 Å². The molecule has 182 valence electrons. The van der Waals surface area contributed by atoms with Gasteiger partial charge in [-0.15, -0.1) is 0 Å². The van der Waals surface area contributed by atoms with E-state index in [2.05, 4.69) is 15.5 Å². The molecule has 0 saturated carbocycles. The van der Waals surface area contributed by atoms with Crippen LogP contribution in [0.25, 0.3) is 0 Å². The van der Waals surface area contributed by atoms with Crippen LogP contribution in [0.4, 0.5) is 26.3 Å². The molecule has 0 fully saturated rings. The van der Waals surface area contributed by atoms with Crippen molar-refractivity contribution in [1.82, 2.24) is 0 Å². The van der Waals surface area contributed by atoms with Gasteiger partial charge in [0.05, 0.1) is 0 Å². The number of halogens is 7. The van der Waals surface area contributed by atoms with Crippen LogP contribution >= 0.6 is 20.8 Å². The summed E-state index contributed by atoms with van der Waals surface area (Å²) in [6, 6.07) is 29.4. The Morgan fingerprint density at radius 2 is 0.829 bits per heavy atom. The van der Waals surface area contributed by atoms with Crippen LogP contribution in [0.1, 0.15) is 16.7 Å². The van der Waals surface area contributed by atoms with Crippen LogP contribution in [0.15, 0.2) is 109 Å². The zero-order chi connectivity index (χ0) is 25.3. The first-order valence-corrected chi connectivity index (χ1v) is 15.0. The van der Waals surface area contributed by atoms with E-state index < -0.39 is 28.8 Å². The summed E-state index contributed by atoms with van der Waals surface area (Å²) in [6.07, 6.45) is -9.94. The van der Waals surface area contributed by atoms with Gasteiger partial charge < -0.3 is 0 Å². The molecule has 8 heteroatoms. The second-order valence-corrected chi connectivity index (χ2v) is 17.2. The first-order chi connectivity index (χ1) is 16.4. The number of alkyl halides is 6. The van der Waals surface area contributed by atoms with Crippen LogP contribution in [0, 0.1) is 0 Å². The average Bonchev–Trinajstić information content (AvgIpc) is 2.84. The van der Waals surface area contributed by atoms with Gasteiger partial charge in [-0.25, -0.2) is 0 Å². The van der Waals surface area contributed by atoms with Crippen molar-refractivity contribution in [2.24, 2.45) is 0 Å². The maximum atomic E-state index is 13.7. The van der Waals surface area contributed by atoms with Gasteiger partial charge in [-0.2, -0.15) is 0 Å². The number of hydrogen-bond donors (Lipinski definition) is 0. The predicted molar refractivity (Wildman–Crippen MR) is 134 cm³/mol. The minimum absolute atomic E-state index is 0.0572. The van der Waals surface area contributed by atoms with Crippen LogP contribution in [-0.4, -0.2) is 0 Å². The van der Waals surface area contributed by atoms with Gasteiger partial charge >= 0.3 is 207 Å². The van der Waals surface area contributed by atoms with Crippen LogP contribution in [0.2, 0.25) is 0 Å². The molecule has 4 rings (SSSR count). The van der Waals surface area contributed by atoms with Gasteiger partial charge in [0.2, 0.25) is 0 Å². The molecular formula is C27H20BrF6P. The summed E-state index contributed by atoms with van der Waals surface area (Å²) in [6.45, 7) is 0. The van der Waals surface area contributed by atoms with Crippen LogP contribution in [0.5, 0.6) is 0 Å². The fourth-order valence-electron chi connectivity index (χ4n) is 4.39. The summed E-state index contributed by atoms with van der Waals surface area (Å²) in [5.41, 5.74) is -2.71. The van der Waals surface area contributed by atoms with Crippen molar-refractivity contribution in [1.29, 1.82) is 0 Å². The van der Waals surface area contributed by atoms with Gasteiger partial charge in [0.15, 0.2) is 0 Å². The second kappa shape index (κ2) is 9.11. The summed E-state index contributed by atoms with van der Waals surface area (Å²) in [5, 5.41) is -1.39. The van der Waals surface area contributed by atoms with E-state index in [1.54, 1.807) is 0 Å². The van der Waals surface area contributed by atoms with E-state index in [9.17, 15) is 26.3 Å². The molecule has 0 heterocycles. The third-order valence-corrected chi connectivity index (χ3v) is 15.5. The molecule has 0 saturated heterocycles. The summed E-state index contributed by atoms with van der Waals surface area (Å²) in [5.74, 6) is 0. The van der Waals surface area contributed by atoms with Gasteiger partial charge in [-0.3, -0.25) is 0 Å². The van der Waals surface area contributed by atoms with E-state index in [0.29, 0.717) is 0 Å². The average molecular weight is 569 g/mol. The Kier molecular flexibility index (Phi) is 6.62. The summed E-state index contributed by atoms with van der Waals surface area (Å²) >= 11 is 4.07. The summed E-state index contributed by atoms with van der Waals surface area (Å²) in [7, 11) is 0. The molecule has 0 nitrogen and oxygen atoms in total. The standard InChI is InChI=1S/C27H20BrF6P/c28-35(23-10-4-1-5-11-23,24-12-6-2-7-13-24,25-14-8-3-9-15-25)19-20-16-21(26(29,30)31)18-22(17-20)27(32,33)34/h1-18H,19H2. The van der Waals surface area contributed by atoms with Gasteiger partial charge in [0.25, 0.3) is 0 Å². The molecule has 0 spiro atoms. The van der Waals surface area contributed by atoms with Gasteiger partial charge in [-0.05, 0) is 0 Å². The van der Waals surface area contributed by atoms with Crippen molar-refractivity contribution < 1.29 is 26.3 Å². The third-order valence-electron chi connectivity index (χ3n) is 6.01. The van der Waals surface area contributed by atoms with Crippen LogP contribution in [-0.2, 0) is 18.5 Å². The van der Waals surface area contributed by atoms with E-state index in [-0.39, 0.29) is 17.8 Å². The molecule has 0 unspecified atom stereocenters. The molecule has 0 aliphatic carbocycles. The molecule has 0 aromatic heterocycles. The first-order valence-electron chi connectivity index (χ1n) is 10.6. The Morgan fingerprint density at radius 3 is 1.11 bits per heavy atom. The SMILES string of the molecule is FC(F)(F)c1cc(CP(Br)(c2ccccc2)(c2ccccc2)c2ccccc2)cc(C(F)(F)F)c1. The molecule has 4 aromatic rings. The maximum absolute atomic E-state index is 13.7. The Bertz CT molecular complexity index is 1170.